The number of amides is 2. The Kier molecular flexibility index (Phi) is 8.73. The Bertz CT molecular complexity index is 878. The predicted molar refractivity (Wildman–Crippen MR) is 119 cm³/mol. The Hall–Kier alpha value is -3.22. The van der Waals surface area contributed by atoms with Gasteiger partial charge in [0.25, 0.3) is 5.91 Å². The molecular weight excluding hydrogens is 396 g/mol. The molecule has 2 N–H and O–H groups in total. The smallest absolute Gasteiger partial charge is 0.276 e. The molecule has 31 heavy (non-hydrogen) atoms. The lowest BCUT2D eigenvalue weighted by molar-refractivity contribution is -0.135. The summed E-state index contributed by atoms with van der Waals surface area (Å²) in [4.78, 5) is 24.4. The molecule has 0 fully saturated rings. The molecule has 7 nitrogen and oxygen atoms in total. The van der Waals surface area contributed by atoms with Crippen LogP contribution < -0.4 is 25.1 Å². The van der Waals surface area contributed by atoms with Gasteiger partial charge in [-0.2, -0.15) is 0 Å². The zero-order valence-electron chi connectivity index (χ0n) is 18.9. The van der Waals surface area contributed by atoms with Crippen LogP contribution in [0.2, 0.25) is 0 Å². The SMILES string of the molecule is COc1ccc(OCC(=O)NNC(=O)C(C)(C)CCCOc2cc(C)ccc2C)cc1. The molecule has 0 bridgehead atoms. The van der Waals surface area contributed by atoms with Crippen LogP contribution in [0, 0.1) is 19.3 Å². The second kappa shape index (κ2) is 11.2. The number of hydrogen-bond donors (Lipinski definition) is 2. The molecule has 0 unspecified atom stereocenters. The summed E-state index contributed by atoms with van der Waals surface area (Å²) in [6.45, 7) is 8.00. The van der Waals surface area contributed by atoms with Crippen molar-refractivity contribution in [2.75, 3.05) is 20.3 Å². The summed E-state index contributed by atoms with van der Waals surface area (Å²) >= 11 is 0. The first-order valence-electron chi connectivity index (χ1n) is 10.3. The third-order valence-corrected chi connectivity index (χ3v) is 4.91. The van der Waals surface area contributed by atoms with Crippen molar-refractivity contribution in [2.24, 2.45) is 5.41 Å². The third kappa shape index (κ3) is 7.85. The molecule has 0 saturated heterocycles. The third-order valence-electron chi connectivity index (χ3n) is 4.91. The number of nitrogens with one attached hydrogen (secondary N) is 2. The van der Waals surface area contributed by atoms with Crippen molar-refractivity contribution in [2.45, 2.75) is 40.5 Å². The largest absolute Gasteiger partial charge is 0.497 e. The van der Waals surface area contributed by atoms with Crippen LogP contribution in [0.15, 0.2) is 42.5 Å². The quantitative estimate of drug-likeness (QED) is 0.445. The second-order valence-corrected chi connectivity index (χ2v) is 8.07. The first-order chi connectivity index (χ1) is 14.7. The van der Waals surface area contributed by atoms with Gasteiger partial charge in [0.2, 0.25) is 5.91 Å². The van der Waals surface area contributed by atoms with Crippen molar-refractivity contribution >= 4 is 11.8 Å². The topological polar surface area (TPSA) is 85.9 Å². The molecular formula is C24H32N2O5. The normalized spacial score (nSPS) is 10.9. The van der Waals surface area contributed by atoms with Crippen LogP contribution in [-0.4, -0.2) is 32.1 Å². The van der Waals surface area contributed by atoms with E-state index in [4.69, 9.17) is 14.2 Å². The van der Waals surface area contributed by atoms with Crippen LogP contribution in [0.1, 0.15) is 37.8 Å². The summed E-state index contributed by atoms with van der Waals surface area (Å²) in [5.41, 5.74) is 6.44. The van der Waals surface area contributed by atoms with Crippen LogP contribution in [-0.2, 0) is 9.59 Å². The molecule has 7 heteroatoms. The molecule has 168 valence electrons. The van der Waals surface area contributed by atoms with Crippen LogP contribution in [0.5, 0.6) is 17.2 Å². The summed E-state index contributed by atoms with van der Waals surface area (Å²) in [7, 11) is 1.57. The van der Waals surface area contributed by atoms with Crippen LogP contribution in [0.25, 0.3) is 0 Å². The summed E-state index contributed by atoms with van der Waals surface area (Å²) < 4.78 is 16.3. The first kappa shape index (κ1) is 24.1. The van der Waals surface area contributed by atoms with Gasteiger partial charge < -0.3 is 14.2 Å². The fourth-order valence-electron chi connectivity index (χ4n) is 2.83. The van der Waals surface area contributed by atoms with E-state index in [2.05, 4.69) is 10.9 Å². The van der Waals surface area contributed by atoms with Gasteiger partial charge in [-0.1, -0.05) is 26.0 Å². The van der Waals surface area contributed by atoms with E-state index in [1.165, 1.54) is 0 Å². The van der Waals surface area contributed by atoms with Gasteiger partial charge in [-0.05, 0) is 68.1 Å². The summed E-state index contributed by atoms with van der Waals surface area (Å²) in [5, 5.41) is 0. The lowest BCUT2D eigenvalue weighted by Gasteiger charge is -2.23. The number of hydrazine groups is 1. The number of methoxy groups -OCH3 is 1. The molecule has 2 rings (SSSR count). The van der Waals surface area contributed by atoms with E-state index in [0.717, 1.165) is 16.9 Å². The van der Waals surface area contributed by atoms with E-state index < -0.39 is 11.3 Å². The molecule has 2 amide bonds. The maximum atomic E-state index is 12.5. The van der Waals surface area contributed by atoms with E-state index in [0.29, 0.717) is 30.9 Å². The highest BCUT2D eigenvalue weighted by Gasteiger charge is 2.27. The Morgan fingerprint density at radius 2 is 1.61 bits per heavy atom. The Morgan fingerprint density at radius 3 is 2.29 bits per heavy atom. The highest BCUT2D eigenvalue weighted by molar-refractivity contribution is 5.85. The number of hydrogen-bond acceptors (Lipinski definition) is 5. The van der Waals surface area contributed by atoms with Crippen molar-refractivity contribution in [1.29, 1.82) is 0 Å². The van der Waals surface area contributed by atoms with Crippen molar-refractivity contribution in [3.05, 3.63) is 53.6 Å². The van der Waals surface area contributed by atoms with Crippen molar-refractivity contribution in [1.82, 2.24) is 10.9 Å². The monoisotopic (exact) mass is 428 g/mol. The van der Waals surface area contributed by atoms with E-state index in [-0.39, 0.29) is 12.5 Å². The lowest BCUT2D eigenvalue weighted by Crippen LogP contribution is -2.48. The number of benzene rings is 2. The van der Waals surface area contributed by atoms with E-state index in [9.17, 15) is 9.59 Å². The number of rotatable bonds is 10. The predicted octanol–water partition coefficient (Wildman–Crippen LogP) is 3.72. The van der Waals surface area contributed by atoms with Crippen molar-refractivity contribution in [3.63, 3.8) is 0 Å². The maximum Gasteiger partial charge on any atom is 0.276 e. The minimum atomic E-state index is -0.658. The minimum Gasteiger partial charge on any atom is -0.497 e. The van der Waals surface area contributed by atoms with Gasteiger partial charge in [-0.3, -0.25) is 20.4 Å². The molecule has 0 spiro atoms. The molecule has 0 aromatic heterocycles. The van der Waals surface area contributed by atoms with Gasteiger partial charge >= 0.3 is 0 Å². The molecule has 0 aliphatic rings. The molecule has 0 atom stereocenters. The van der Waals surface area contributed by atoms with Crippen LogP contribution >= 0.6 is 0 Å². The molecule has 0 heterocycles. The maximum absolute atomic E-state index is 12.5. The van der Waals surface area contributed by atoms with E-state index >= 15 is 0 Å². The Balaban J connectivity index is 1.69. The molecule has 0 radical (unpaired) electrons. The lowest BCUT2D eigenvalue weighted by atomic mass is 9.87. The van der Waals surface area contributed by atoms with Gasteiger partial charge in [-0.15, -0.1) is 0 Å². The second-order valence-electron chi connectivity index (χ2n) is 8.07. The number of ether oxygens (including phenoxy) is 3. The fraction of sp³-hybridized carbons (Fsp3) is 0.417. The van der Waals surface area contributed by atoms with Gasteiger partial charge in [0.15, 0.2) is 6.61 Å². The zero-order chi connectivity index (χ0) is 22.9. The van der Waals surface area contributed by atoms with Gasteiger partial charge in [0.1, 0.15) is 17.2 Å². The first-order valence-corrected chi connectivity index (χ1v) is 10.3. The van der Waals surface area contributed by atoms with E-state index in [1.54, 1.807) is 31.4 Å². The highest BCUT2D eigenvalue weighted by atomic mass is 16.5. The van der Waals surface area contributed by atoms with Crippen molar-refractivity contribution < 1.29 is 23.8 Å². The average Bonchev–Trinajstić information content (AvgIpc) is 2.76. The van der Waals surface area contributed by atoms with Crippen molar-refractivity contribution in [3.8, 4) is 17.2 Å². The van der Waals surface area contributed by atoms with E-state index in [1.807, 2.05) is 45.9 Å². The molecule has 0 saturated carbocycles. The summed E-state index contributed by atoms with van der Waals surface area (Å²) in [6, 6.07) is 13.0. The number of carbonyl (C=O) groups excluding carboxylic acids is 2. The molecule has 2 aromatic rings. The van der Waals surface area contributed by atoms with Crippen LogP contribution in [0.3, 0.4) is 0 Å². The molecule has 0 aliphatic heterocycles. The standard InChI is InChI=1S/C24H32N2O5/c1-17-7-8-18(2)21(15-17)30-14-6-13-24(3,4)23(28)26-25-22(27)16-31-20-11-9-19(29-5)10-12-20/h7-12,15H,6,13-14,16H2,1-5H3,(H,25,27)(H,26,28). The fourth-order valence-corrected chi connectivity index (χ4v) is 2.83. The Labute approximate surface area is 184 Å². The zero-order valence-corrected chi connectivity index (χ0v) is 18.9. The molecule has 2 aromatic carbocycles. The summed E-state index contributed by atoms with van der Waals surface area (Å²) in [6.07, 6.45) is 1.32. The van der Waals surface area contributed by atoms with Gasteiger partial charge in [0, 0.05) is 5.41 Å². The van der Waals surface area contributed by atoms with Gasteiger partial charge in [0.05, 0.1) is 13.7 Å². The Morgan fingerprint density at radius 1 is 0.935 bits per heavy atom. The van der Waals surface area contributed by atoms with Gasteiger partial charge in [-0.25, -0.2) is 0 Å². The highest BCUT2D eigenvalue weighted by Crippen LogP contribution is 2.24. The minimum absolute atomic E-state index is 0.212. The molecule has 0 aliphatic carbocycles. The number of aryl methyl sites for hydroxylation is 2. The average molecular weight is 429 g/mol. The van der Waals surface area contributed by atoms with Crippen LogP contribution in [0.4, 0.5) is 0 Å². The summed E-state index contributed by atoms with van der Waals surface area (Å²) in [5.74, 6) is 1.39. The number of carbonyl (C=O) groups is 2.